The summed E-state index contributed by atoms with van der Waals surface area (Å²) in [5.41, 5.74) is 1.22. The maximum Gasteiger partial charge on any atom is 0.161 e. The molecule has 0 amide bonds. The smallest absolute Gasteiger partial charge is 0.161 e. The molecule has 0 aromatic heterocycles. The van der Waals surface area contributed by atoms with Gasteiger partial charge in [-0.15, -0.1) is 0 Å². The van der Waals surface area contributed by atoms with Crippen molar-refractivity contribution in [1.82, 2.24) is 5.32 Å². The zero-order valence-corrected chi connectivity index (χ0v) is 12.6. The van der Waals surface area contributed by atoms with Crippen molar-refractivity contribution in [2.45, 2.75) is 33.2 Å². The topological polar surface area (TPSA) is 30.5 Å². The average molecular weight is 263 g/mol. The van der Waals surface area contributed by atoms with E-state index in [0.29, 0.717) is 6.61 Å². The SMILES string of the molecule is CC=Cc1ccc(OCCNC(C)(C)C)c(OC)c1. The third kappa shape index (κ3) is 5.79. The zero-order chi connectivity index (χ0) is 14.3. The molecule has 0 aliphatic rings. The summed E-state index contributed by atoms with van der Waals surface area (Å²) in [5, 5.41) is 3.38. The fourth-order valence-electron chi connectivity index (χ4n) is 1.69. The van der Waals surface area contributed by atoms with E-state index in [-0.39, 0.29) is 5.54 Å². The van der Waals surface area contributed by atoms with Crippen molar-refractivity contribution in [2.75, 3.05) is 20.3 Å². The number of hydrogen-bond acceptors (Lipinski definition) is 3. The quantitative estimate of drug-likeness (QED) is 0.797. The summed E-state index contributed by atoms with van der Waals surface area (Å²) >= 11 is 0. The molecular weight excluding hydrogens is 238 g/mol. The van der Waals surface area contributed by atoms with Crippen molar-refractivity contribution in [3.05, 3.63) is 29.8 Å². The van der Waals surface area contributed by atoms with Gasteiger partial charge in [0.15, 0.2) is 11.5 Å². The average Bonchev–Trinajstić information content (AvgIpc) is 2.35. The maximum atomic E-state index is 5.74. The second kappa shape index (κ2) is 7.19. The van der Waals surface area contributed by atoms with Crippen LogP contribution in [-0.2, 0) is 0 Å². The normalized spacial score (nSPS) is 11.8. The predicted octanol–water partition coefficient (Wildman–Crippen LogP) is 3.50. The van der Waals surface area contributed by atoms with Crippen molar-refractivity contribution in [2.24, 2.45) is 0 Å². The Hall–Kier alpha value is -1.48. The van der Waals surface area contributed by atoms with Gasteiger partial charge in [0.1, 0.15) is 6.61 Å². The van der Waals surface area contributed by atoms with Crippen molar-refractivity contribution >= 4 is 6.08 Å². The summed E-state index contributed by atoms with van der Waals surface area (Å²) in [6.45, 7) is 9.84. The molecule has 3 heteroatoms. The Morgan fingerprint density at radius 2 is 1.95 bits per heavy atom. The molecule has 0 bridgehead atoms. The van der Waals surface area contributed by atoms with Crippen LogP contribution in [0, 0.1) is 0 Å². The lowest BCUT2D eigenvalue weighted by Gasteiger charge is -2.20. The molecule has 1 aromatic rings. The van der Waals surface area contributed by atoms with Gasteiger partial charge < -0.3 is 14.8 Å². The summed E-state index contributed by atoms with van der Waals surface area (Å²) in [7, 11) is 1.66. The highest BCUT2D eigenvalue weighted by Gasteiger charge is 2.09. The van der Waals surface area contributed by atoms with Crippen LogP contribution >= 0.6 is 0 Å². The first kappa shape index (κ1) is 15.6. The molecule has 1 N–H and O–H groups in total. The Balaban J connectivity index is 2.58. The van der Waals surface area contributed by atoms with Gasteiger partial charge in [0.25, 0.3) is 0 Å². The highest BCUT2D eigenvalue weighted by atomic mass is 16.5. The third-order valence-corrected chi connectivity index (χ3v) is 2.56. The van der Waals surface area contributed by atoms with E-state index in [0.717, 1.165) is 23.6 Å². The molecule has 0 fully saturated rings. The largest absolute Gasteiger partial charge is 0.493 e. The van der Waals surface area contributed by atoms with E-state index >= 15 is 0 Å². The monoisotopic (exact) mass is 263 g/mol. The van der Waals surface area contributed by atoms with Gasteiger partial charge in [-0.25, -0.2) is 0 Å². The molecule has 0 saturated heterocycles. The van der Waals surface area contributed by atoms with E-state index in [2.05, 4.69) is 26.1 Å². The Morgan fingerprint density at radius 1 is 1.21 bits per heavy atom. The fraction of sp³-hybridized carbons (Fsp3) is 0.500. The van der Waals surface area contributed by atoms with Crippen LogP contribution in [0.2, 0.25) is 0 Å². The zero-order valence-electron chi connectivity index (χ0n) is 12.6. The van der Waals surface area contributed by atoms with Crippen LogP contribution in [0.15, 0.2) is 24.3 Å². The van der Waals surface area contributed by atoms with Gasteiger partial charge in [-0.3, -0.25) is 0 Å². The summed E-state index contributed by atoms with van der Waals surface area (Å²) in [5.74, 6) is 1.55. The van der Waals surface area contributed by atoms with Crippen LogP contribution in [0.25, 0.3) is 6.08 Å². The van der Waals surface area contributed by atoms with Gasteiger partial charge in [-0.1, -0.05) is 18.2 Å². The van der Waals surface area contributed by atoms with Gasteiger partial charge in [0.2, 0.25) is 0 Å². The van der Waals surface area contributed by atoms with Crippen molar-refractivity contribution in [3.8, 4) is 11.5 Å². The number of hydrogen-bond donors (Lipinski definition) is 1. The highest BCUT2D eigenvalue weighted by molar-refractivity contribution is 5.55. The second-order valence-corrected chi connectivity index (χ2v) is 5.44. The molecule has 0 aliphatic heterocycles. The number of allylic oxidation sites excluding steroid dienone is 1. The minimum Gasteiger partial charge on any atom is -0.493 e. The molecule has 0 aliphatic carbocycles. The Morgan fingerprint density at radius 3 is 2.53 bits per heavy atom. The standard InChI is InChI=1S/C16H25NO2/c1-6-7-13-8-9-14(15(12-13)18-5)19-11-10-17-16(2,3)4/h6-9,12,17H,10-11H2,1-5H3. The molecule has 0 saturated carbocycles. The number of nitrogens with one attached hydrogen (secondary N) is 1. The Labute approximate surface area is 116 Å². The molecule has 19 heavy (non-hydrogen) atoms. The predicted molar refractivity (Wildman–Crippen MR) is 81.0 cm³/mol. The van der Waals surface area contributed by atoms with Crippen molar-refractivity contribution in [1.29, 1.82) is 0 Å². The first-order valence-electron chi connectivity index (χ1n) is 6.65. The molecule has 3 nitrogen and oxygen atoms in total. The Kier molecular flexibility index (Phi) is 5.90. The molecule has 0 unspecified atom stereocenters. The summed E-state index contributed by atoms with van der Waals surface area (Å²) < 4.78 is 11.1. The highest BCUT2D eigenvalue weighted by Crippen LogP contribution is 2.28. The first-order valence-corrected chi connectivity index (χ1v) is 6.65. The summed E-state index contributed by atoms with van der Waals surface area (Å²) in [6, 6.07) is 5.95. The molecule has 0 radical (unpaired) electrons. The molecule has 0 atom stereocenters. The first-order chi connectivity index (χ1) is 8.96. The van der Waals surface area contributed by atoms with Gasteiger partial charge in [-0.2, -0.15) is 0 Å². The summed E-state index contributed by atoms with van der Waals surface area (Å²) in [4.78, 5) is 0. The van der Waals surface area contributed by atoms with E-state index in [4.69, 9.17) is 9.47 Å². The fourth-order valence-corrected chi connectivity index (χ4v) is 1.69. The lowest BCUT2D eigenvalue weighted by molar-refractivity contribution is 0.276. The number of ether oxygens (including phenoxy) is 2. The van der Waals surface area contributed by atoms with E-state index < -0.39 is 0 Å². The van der Waals surface area contributed by atoms with Crippen LogP contribution in [0.3, 0.4) is 0 Å². The van der Waals surface area contributed by atoms with E-state index in [1.54, 1.807) is 7.11 Å². The van der Waals surface area contributed by atoms with Gasteiger partial charge >= 0.3 is 0 Å². The van der Waals surface area contributed by atoms with Crippen molar-refractivity contribution in [3.63, 3.8) is 0 Å². The lowest BCUT2D eigenvalue weighted by atomic mass is 10.1. The van der Waals surface area contributed by atoms with E-state index in [1.807, 2.05) is 37.3 Å². The Bertz CT molecular complexity index is 419. The minimum atomic E-state index is 0.114. The minimum absolute atomic E-state index is 0.114. The number of benzene rings is 1. The van der Waals surface area contributed by atoms with Crippen LogP contribution in [0.5, 0.6) is 11.5 Å². The lowest BCUT2D eigenvalue weighted by Crippen LogP contribution is -2.38. The van der Waals surface area contributed by atoms with Crippen LogP contribution < -0.4 is 14.8 Å². The molecule has 1 aromatic carbocycles. The number of methoxy groups -OCH3 is 1. The van der Waals surface area contributed by atoms with E-state index in [1.165, 1.54) is 0 Å². The van der Waals surface area contributed by atoms with Crippen molar-refractivity contribution < 1.29 is 9.47 Å². The van der Waals surface area contributed by atoms with Gasteiger partial charge in [0.05, 0.1) is 7.11 Å². The van der Waals surface area contributed by atoms with Crippen LogP contribution in [-0.4, -0.2) is 25.8 Å². The van der Waals surface area contributed by atoms with Crippen LogP contribution in [0.4, 0.5) is 0 Å². The molecular formula is C16H25NO2. The molecule has 0 spiro atoms. The third-order valence-electron chi connectivity index (χ3n) is 2.56. The van der Waals surface area contributed by atoms with Gasteiger partial charge in [0, 0.05) is 12.1 Å². The molecule has 0 heterocycles. The molecule has 106 valence electrons. The van der Waals surface area contributed by atoms with Gasteiger partial charge in [-0.05, 0) is 45.4 Å². The molecule has 1 rings (SSSR count). The maximum absolute atomic E-state index is 5.74. The van der Waals surface area contributed by atoms with E-state index in [9.17, 15) is 0 Å². The second-order valence-electron chi connectivity index (χ2n) is 5.44. The number of rotatable bonds is 6. The van der Waals surface area contributed by atoms with Crippen LogP contribution in [0.1, 0.15) is 33.3 Å². The summed E-state index contributed by atoms with van der Waals surface area (Å²) in [6.07, 6.45) is 4.04.